The van der Waals surface area contributed by atoms with Crippen LogP contribution in [0.15, 0.2) is 24.3 Å². The molecule has 0 aliphatic rings. The number of hydrogen-bond acceptors (Lipinski definition) is 8. The number of aromatic nitrogens is 4. The molecule has 0 atom stereocenters. The molecule has 29 heavy (non-hydrogen) atoms. The average Bonchev–Trinajstić information content (AvgIpc) is 3.37. The molecule has 0 aliphatic heterocycles. The molecule has 8 nitrogen and oxygen atoms in total. The predicted octanol–water partition coefficient (Wildman–Crippen LogP) is 2.98. The quantitative estimate of drug-likeness (QED) is 0.536. The Balaban J connectivity index is 1.39. The summed E-state index contributed by atoms with van der Waals surface area (Å²) >= 11 is 2.51. The highest BCUT2D eigenvalue weighted by atomic mass is 32.1. The minimum absolute atomic E-state index is 0.0974. The van der Waals surface area contributed by atoms with Crippen molar-refractivity contribution >= 4 is 39.6 Å². The van der Waals surface area contributed by atoms with Gasteiger partial charge in [-0.2, -0.15) is 0 Å². The topological polar surface area (TPSA) is 110 Å². The molecule has 0 spiro atoms. The van der Waals surface area contributed by atoms with Gasteiger partial charge < -0.3 is 5.32 Å². The van der Waals surface area contributed by atoms with Gasteiger partial charge in [-0.25, -0.2) is 4.39 Å². The summed E-state index contributed by atoms with van der Waals surface area (Å²) in [6.07, 6.45) is 2.22. The Morgan fingerprint density at radius 1 is 1.03 bits per heavy atom. The van der Waals surface area contributed by atoms with E-state index in [4.69, 9.17) is 0 Å². The number of amides is 2. The normalized spacial score (nSPS) is 10.7. The number of nitrogens with zero attached hydrogens (tertiary/aromatic N) is 4. The number of hydrogen-bond donors (Lipinski definition) is 2. The highest BCUT2D eigenvalue weighted by molar-refractivity contribution is 7.16. The van der Waals surface area contributed by atoms with Crippen LogP contribution in [0, 0.1) is 5.82 Å². The van der Waals surface area contributed by atoms with Gasteiger partial charge in [0.05, 0.1) is 0 Å². The smallest absolute Gasteiger partial charge is 0.288 e. The van der Waals surface area contributed by atoms with Crippen LogP contribution in [0.25, 0.3) is 0 Å². The lowest BCUT2D eigenvalue weighted by molar-refractivity contribution is -0.121. The molecule has 0 radical (unpaired) electrons. The lowest BCUT2D eigenvalue weighted by atomic mass is 10.2. The van der Waals surface area contributed by atoms with Crippen molar-refractivity contribution in [2.24, 2.45) is 0 Å². The Labute approximate surface area is 174 Å². The van der Waals surface area contributed by atoms with Crippen LogP contribution < -0.4 is 10.6 Å². The third kappa shape index (κ3) is 6.36. The molecule has 2 aromatic heterocycles. The van der Waals surface area contributed by atoms with Crippen molar-refractivity contribution in [3.8, 4) is 0 Å². The molecule has 0 saturated heterocycles. The highest BCUT2D eigenvalue weighted by Crippen LogP contribution is 2.18. The molecule has 1 aromatic carbocycles. The molecule has 2 N–H and O–H groups in total. The molecule has 3 aromatic rings. The predicted molar refractivity (Wildman–Crippen MR) is 108 cm³/mol. The Morgan fingerprint density at radius 3 is 2.52 bits per heavy atom. The summed E-state index contributed by atoms with van der Waals surface area (Å²) < 4.78 is 12.9. The molecule has 2 amide bonds. The number of benzene rings is 1. The van der Waals surface area contributed by atoms with E-state index < -0.39 is 0 Å². The summed E-state index contributed by atoms with van der Waals surface area (Å²) in [7, 11) is 0. The second-order valence-electron chi connectivity index (χ2n) is 6.07. The zero-order chi connectivity index (χ0) is 20.6. The standard InChI is InChI=1S/C18H19FN6O2S2/c1-2-14-22-25-18(29-14)21-16(27)17-24-23-15(28-17)5-3-4-13(26)20-10-11-6-8-12(19)9-7-11/h6-9H,2-5,10H2,1H3,(H,20,26)(H,21,25,27). The molecular formula is C18H19FN6O2S2. The minimum Gasteiger partial charge on any atom is -0.352 e. The van der Waals surface area contributed by atoms with Crippen LogP contribution in [-0.4, -0.2) is 32.2 Å². The van der Waals surface area contributed by atoms with Crippen LogP contribution in [0.3, 0.4) is 0 Å². The molecule has 0 unspecified atom stereocenters. The van der Waals surface area contributed by atoms with E-state index in [0.717, 1.165) is 17.0 Å². The number of carbonyl (C=O) groups excluding carboxylic acids is 2. The van der Waals surface area contributed by atoms with Gasteiger partial charge in [-0.05, 0) is 30.5 Å². The number of carbonyl (C=O) groups is 2. The number of nitrogens with one attached hydrogen (secondary N) is 2. The molecule has 3 rings (SSSR count). The van der Waals surface area contributed by atoms with Gasteiger partial charge in [0.25, 0.3) is 5.91 Å². The van der Waals surface area contributed by atoms with Crippen LogP contribution in [-0.2, 0) is 24.2 Å². The van der Waals surface area contributed by atoms with Crippen LogP contribution >= 0.6 is 22.7 Å². The Bertz CT molecular complexity index is 973. The number of rotatable bonds is 9. The molecule has 11 heteroatoms. The average molecular weight is 435 g/mol. The first-order valence-corrected chi connectivity index (χ1v) is 10.6. The zero-order valence-corrected chi connectivity index (χ0v) is 17.3. The van der Waals surface area contributed by atoms with Gasteiger partial charge in [0, 0.05) is 19.4 Å². The first-order chi connectivity index (χ1) is 14.0. The third-order valence-electron chi connectivity index (χ3n) is 3.85. The van der Waals surface area contributed by atoms with Gasteiger partial charge in [-0.15, -0.1) is 20.4 Å². The molecule has 0 aliphatic carbocycles. The monoisotopic (exact) mass is 434 g/mol. The van der Waals surface area contributed by atoms with E-state index >= 15 is 0 Å². The minimum atomic E-state index is -0.371. The van der Waals surface area contributed by atoms with Crippen molar-refractivity contribution in [3.63, 3.8) is 0 Å². The van der Waals surface area contributed by atoms with E-state index in [-0.39, 0.29) is 22.6 Å². The molecular weight excluding hydrogens is 415 g/mol. The summed E-state index contributed by atoms with van der Waals surface area (Å²) in [5.41, 5.74) is 0.834. The van der Waals surface area contributed by atoms with Gasteiger partial charge in [-0.3, -0.25) is 14.9 Å². The molecule has 0 saturated carbocycles. The first kappa shape index (κ1) is 20.9. The largest absolute Gasteiger partial charge is 0.352 e. The SMILES string of the molecule is CCc1nnc(NC(=O)c2nnc(CCCC(=O)NCc3ccc(F)cc3)s2)s1. The maximum absolute atomic E-state index is 12.9. The molecule has 152 valence electrons. The Kier molecular flexibility index (Phi) is 7.30. The highest BCUT2D eigenvalue weighted by Gasteiger charge is 2.15. The first-order valence-electron chi connectivity index (χ1n) is 9.00. The van der Waals surface area contributed by atoms with Crippen molar-refractivity contribution in [2.45, 2.75) is 39.2 Å². The maximum atomic E-state index is 12.9. The van der Waals surface area contributed by atoms with Gasteiger partial charge >= 0.3 is 0 Å². The summed E-state index contributed by atoms with van der Waals surface area (Å²) in [6.45, 7) is 2.32. The fourth-order valence-corrected chi connectivity index (χ4v) is 3.79. The zero-order valence-electron chi connectivity index (χ0n) is 15.6. The van der Waals surface area contributed by atoms with Crippen molar-refractivity contribution in [2.75, 3.05) is 5.32 Å². The van der Waals surface area contributed by atoms with E-state index in [1.807, 2.05) is 6.92 Å². The van der Waals surface area contributed by atoms with Crippen molar-refractivity contribution < 1.29 is 14.0 Å². The second-order valence-corrected chi connectivity index (χ2v) is 8.19. The van der Waals surface area contributed by atoms with Gasteiger partial charge in [0.1, 0.15) is 15.8 Å². The summed E-state index contributed by atoms with van der Waals surface area (Å²) in [5, 5.41) is 23.4. The van der Waals surface area contributed by atoms with Gasteiger partial charge in [-0.1, -0.05) is 41.7 Å². The van der Waals surface area contributed by atoms with Gasteiger partial charge in [0.15, 0.2) is 0 Å². The second kappa shape index (κ2) is 10.1. The summed E-state index contributed by atoms with van der Waals surface area (Å²) in [4.78, 5) is 24.1. The van der Waals surface area contributed by atoms with E-state index in [0.29, 0.717) is 35.9 Å². The fourth-order valence-electron chi connectivity index (χ4n) is 2.34. The Morgan fingerprint density at radius 2 is 1.79 bits per heavy atom. The number of anilines is 1. The van der Waals surface area contributed by atoms with E-state index in [1.54, 1.807) is 12.1 Å². The third-order valence-corrected chi connectivity index (χ3v) is 5.81. The molecule has 0 fully saturated rings. The Hall–Kier alpha value is -2.79. The van der Waals surface area contributed by atoms with E-state index in [2.05, 4.69) is 31.0 Å². The molecule has 0 bridgehead atoms. The number of aryl methyl sites for hydroxylation is 2. The lowest BCUT2D eigenvalue weighted by Gasteiger charge is -2.04. The lowest BCUT2D eigenvalue weighted by Crippen LogP contribution is -2.22. The van der Waals surface area contributed by atoms with Crippen molar-refractivity contribution in [1.29, 1.82) is 0 Å². The molecule has 2 heterocycles. The summed E-state index contributed by atoms with van der Waals surface area (Å²) in [6, 6.07) is 5.99. The van der Waals surface area contributed by atoms with E-state index in [9.17, 15) is 14.0 Å². The van der Waals surface area contributed by atoms with Crippen LogP contribution in [0.1, 0.15) is 45.1 Å². The van der Waals surface area contributed by atoms with Crippen LogP contribution in [0.5, 0.6) is 0 Å². The van der Waals surface area contributed by atoms with Crippen molar-refractivity contribution in [1.82, 2.24) is 25.7 Å². The van der Waals surface area contributed by atoms with E-state index in [1.165, 1.54) is 34.8 Å². The van der Waals surface area contributed by atoms with Crippen molar-refractivity contribution in [3.05, 3.63) is 50.7 Å². The fraction of sp³-hybridized carbons (Fsp3) is 0.333. The van der Waals surface area contributed by atoms with Gasteiger partial charge in [0.2, 0.25) is 16.0 Å². The van der Waals surface area contributed by atoms with Crippen LogP contribution in [0.4, 0.5) is 9.52 Å². The summed E-state index contributed by atoms with van der Waals surface area (Å²) in [5.74, 6) is -0.774. The maximum Gasteiger partial charge on any atom is 0.288 e. The number of halogens is 1. The van der Waals surface area contributed by atoms with Crippen LogP contribution in [0.2, 0.25) is 0 Å².